The van der Waals surface area contributed by atoms with E-state index in [0.717, 1.165) is 19.3 Å². The second kappa shape index (κ2) is 9.05. The van der Waals surface area contributed by atoms with E-state index in [1.807, 2.05) is 6.92 Å². The van der Waals surface area contributed by atoms with Crippen LogP contribution < -0.4 is 5.32 Å². The molecule has 3 rings (SSSR count). The lowest BCUT2D eigenvalue weighted by Crippen LogP contribution is -2.50. The first kappa shape index (κ1) is 18.7. The van der Waals surface area contributed by atoms with E-state index in [2.05, 4.69) is 15.3 Å². The van der Waals surface area contributed by atoms with Crippen molar-refractivity contribution in [2.45, 2.75) is 44.8 Å². The Hall–Kier alpha value is -2.06. The largest absolute Gasteiger partial charge is 0.379 e. The topological polar surface area (TPSA) is 93.6 Å². The lowest BCUT2D eigenvalue weighted by atomic mass is 10.1. The second-order valence-corrected chi connectivity index (χ2v) is 6.54. The zero-order chi connectivity index (χ0) is 18.4. The number of hydrogen-bond donors (Lipinski definition) is 1. The molecule has 0 radical (unpaired) electrons. The molecule has 2 atom stereocenters. The molecule has 142 valence electrons. The highest BCUT2D eigenvalue weighted by atomic mass is 16.5. The van der Waals surface area contributed by atoms with Crippen LogP contribution in [-0.4, -0.2) is 71.7 Å². The van der Waals surface area contributed by atoms with E-state index in [9.17, 15) is 9.59 Å². The number of likely N-dealkylation sites (tertiary alicyclic amines) is 1. The molecule has 2 aliphatic heterocycles. The zero-order valence-corrected chi connectivity index (χ0v) is 15.1. The number of nitrogens with zero attached hydrogens (tertiary/aromatic N) is 3. The molecule has 3 heterocycles. The molecule has 0 aliphatic carbocycles. The standard InChI is InChI=1S/C18H26N4O4/c1-2-26-14-12-25-11-6-13(14)21-17(23)15-16(20-8-7-19-15)18(24)22-9-4-3-5-10-22/h7-8,13-14H,2-6,9-12H2,1H3,(H,21,23). The van der Waals surface area contributed by atoms with Gasteiger partial charge in [-0.25, -0.2) is 9.97 Å². The van der Waals surface area contributed by atoms with Crippen LogP contribution in [0.4, 0.5) is 0 Å². The van der Waals surface area contributed by atoms with Gasteiger partial charge in [-0.2, -0.15) is 0 Å². The predicted molar refractivity (Wildman–Crippen MR) is 93.9 cm³/mol. The molecular weight excluding hydrogens is 336 g/mol. The van der Waals surface area contributed by atoms with Gasteiger partial charge in [0.15, 0.2) is 11.4 Å². The lowest BCUT2D eigenvalue weighted by molar-refractivity contribution is -0.0633. The summed E-state index contributed by atoms with van der Waals surface area (Å²) >= 11 is 0. The number of nitrogens with one attached hydrogen (secondary N) is 1. The summed E-state index contributed by atoms with van der Waals surface area (Å²) in [6.45, 7) is 4.86. The van der Waals surface area contributed by atoms with Crippen molar-refractivity contribution in [3.05, 3.63) is 23.8 Å². The van der Waals surface area contributed by atoms with Crippen LogP contribution in [0.25, 0.3) is 0 Å². The van der Waals surface area contributed by atoms with Gasteiger partial charge in [0.25, 0.3) is 11.8 Å². The van der Waals surface area contributed by atoms with E-state index in [0.29, 0.717) is 39.3 Å². The Kier molecular flexibility index (Phi) is 6.51. The molecule has 1 aromatic heterocycles. The minimum absolute atomic E-state index is 0.0739. The van der Waals surface area contributed by atoms with Crippen molar-refractivity contribution in [2.75, 3.05) is 32.9 Å². The molecule has 2 fully saturated rings. The van der Waals surface area contributed by atoms with Gasteiger partial charge in [0.05, 0.1) is 12.6 Å². The minimum atomic E-state index is -0.393. The van der Waals surface area contributed by atoms with Gasteiger partial charge in [0.1, 0.15) is 6.10 Å². The van der Waals surface area contributed by atoms with Crippen molar-refractivity contribution < 1.29 is 19.1 Å². The van der Waals surface area contributed by atoms with E-state index in [-0.39, 0.29) is 29.4 Å². The first-order valence-corrected chi connectivity index (χ1v) is 9.31. The van der Waals surface area contributed by atoms with E-state index in [4.69, 9.17) is 9.47 Å². The monoisotopic (exact) mass is 362 g/mol. The van der Waals surface area contributed by atoms with E-state index in [1.165, 1.54) is 12.4 Å². The quantitative estimate of drug-likeness (QED) is 0.841. The van der Waals surface area contributed by atoms with Crippen molar-refractivity contribution in [3.8, 4) is 0 Å². The number of amides is 2. The molecule has 2 aliphatic rings. The van der Waals surface area contributed by atoms with Gasteiger partial charge < -0.3 is 19.7 Å². The number of carbonyl (C=O) groups is 2. The third-order valence-corrected chi connectivity index (χ3v) is 4.76. The average Bonchev–Trinajstić information content (AvgIpc) is 2.70. The molecule has 0 spiro atoms. The highest BCUT2D eigenvalue weighted by molar-refractivity contribution is 6.04. The number of hydrogen-bond acceptors (Lipinski definition) is 6. The fourth-order valence-electron chi connectivity index (χ4n) is 3.40. The predicted octanol–water partition coefficient (Wildman–Crippen LogP) is 1.03. The summed E-state index contributed by atoms with van der Waals surface area (Å²) < 4.78 is 11.1. The number of ether oxygens (including phenoxy) is 2. The van der Waals surface area contributed by atoms with Gasteiger partial charge >= 0.3 is 0 Å². The van der Waals surface area contributed by atoms with Gasteiger partial charge in [0.2, 0.25) is 0 Å². The van der Waals surface area contributed by atoms with Crippen LogP contribution in [0, 0.1) is 0 Å². The fraction of sp³-hybridized carbons (Fsp3) is 0.667. The summed E-state index contributed by atoms with van der Waals surface area (Å²) in [5.41, 5.74) is 0.191. The zero-order valence-electron chi connectivity index (χ0n) is 15.1. The second-order valence-electron chi connectivity index (χ2n) is 6.54. The molecule has 1 N–H and O–H groups in total. The third-order valence-electron chi connectivity index (χ3n) is 4.76. The highest BCUT2D eigenvalue weighted by Crippen LogP contribution is 2.15. The molecule has 2 unspecified atom stereocenters. The number of piperidine rings is 1. The van der Waals surface area contributed by atoms with Crippen LogP contribution >= 0.6 is 0 Å². The van der Waals surface area contributed by atoms with Gasteiger partial charge in [-0.3, -0.25) is 9.59 Å². The van der Waals surface area contributed by atoms with E-state index >= 15 is 0 Å². The van der Waals surface area contributed by atoms with E-state index in [1.54, 1.807) is 4.90 Å². The van der Waals surface area contributed by atoms with Crippen LogP contribution in [0.2, 0.25) is 0 Å². The SMILES string of the molecule is CCOC1COCCC1NC(=O)c1nccnc1C(=O)N1CCCCC1. The Morgan fingerprint density at radius 3 is 2.69 bits per heavy atom. The third kappa shape index (κ3) is 4.37. The van der Waals surface area contributed by atoms with Crippen molar-refractivity contribution in [1.82, 2.24) is 20.2 Å². The summed E-state index contributed by atoms with van der Waals surface area (Å²) in [5, 5.41) is 2.95. The van der Waals surface area contributed by atoms with Crippen molar-refractivity contribution in [1.29, 1.82) is 0 Å². The Balaban J connectivity index is 1.73. The molecule has 0 saturated carbocycles. The summed E-state index contributed by atoms with van der Waals surface area (Å²) in [5.74, 6) is -0.619. The maximum Gasteiger partial charge on any atom is 0.274 e. The summed E-state index contributed by atoms with van der Waals surface area (Å²) in [4.78, 5) is 35.6. The van der Waals surface area contributed by atoms with Crippen LogP contribution in [0.3, 0.4) is 0 Å². The molecule has 26 heavy (non-hydrogen) atoms. The van der Waals surface area contributed by atoms with Crippen LogP contribution in [-0.2, 0) is 9.47 Å². The molecular formula is C18H26N4O4. The summed E-state index contributed by atoms with van der Waals surface area (Å²) in [6, 6.07) is -0.170. The first-order valence-electron chi connectivity index (χ1n) is 9.31. The number of aromatic nitrogens is 2. The number of carbonyl (C=O) groups excluding carboxylic acids is 2. The molecule has 8 heteroatoms. The first-order chi connectivity index (χ1) is 12.7. The molecule has 0 aromatic carbocycles. The summed E-state index contributed by atoms with van der Waals surface area (Å²) in [6.07, 6.45) is 6.43. The average molecular weight is 362 g/mol. The van der Waals surface area contributed by atoms with Gasteiger partial charge in [-0.15, -0.1) is 0 Å². The molecule has 8 nitrogen and oxygen atoms in total. The van der Waals surface area contributed by atoms with Crippen LogP contribution in [0.15, 0.2) is 12.4 Å². The van der Waals surface area contributed by atoms with Crippen LogP contribution in [0.5, 0.6) is 0 Å². The minimum Gasteiger partial charge on any atom is -0.379 e. The Bertz CT molecular complexity index is 631. The Morgan fingerprint density at radius 2 is 1.96 bits per heavy atom. The van der Waals surface area contributed by atoms with Crippen LogP contribution in [0.1, 0.15) is 53.6 Å². The molecule has 1 aromatic rings. The highest BCUT2D eigenvalue weighted by Gasteiger charge is 2.31. The lowest BCUT2D eigenvalue weighted by Gasteiger charge is -2.32. The fourth-order valence-corrected chi connectivity index (χ4v) is 3.40. The van der Waals surface area contributed by atoms with Gasteiger partial charge in [-0.05, 0) is 32.6 Å². The molecule has 2 amide bonds. The molecule has 0 bridgehead atoms. The smallest absolute Gasteiger partial charge is 0.274 e. The van der Waals surface area contributed by atoms with Crippen molar-refractivity contribution in [3.63, 3.8) is 0 Å². The maximum absolute atomic E-state index is 12.8. The van der Waals surface area contributed by atoms with E-state index < -0.39 is 5.91 Å². The normalized spacial score (nSPS) is 23.5. The Morgan fingerprint density at radius 1 is 1.23 bits per heavy atom. The maximum atomic E-state index is 12.8. The van der Waals surface area contributed by atoms with Gasteiger partial charge in [-0.1, -0.05) is 0 Å². The number of rotatable bonds is 5. The van der Waals surface area contributed by atoms with Gasteiger partial charge in [0, 0.05) is 38.7 Å². The summed E-state index contributed by atoms with van der Waals surface area (Å²) in [7, 11) is 0. The van der Waals surface area contributed by atoms with Crippen molar-refractivity contribution in [2.24, 2.45) is 0 Å². The van der Waals surface area contributed by atoms with Crippen molar-refractivity contribution >= 4 is 11.8 Å². The molecule has 2 saturated heterocycles. The Labute approximate surface area is 153 Å².